The van der Waals surface area contributed by atoms with E-state index in [9.17, 15) is 4.57 Å². The van der Waals surface area contributed by atoms with Gasteiger partial charge in [-0.2, -0.15) is 0 Å². The van der Waals surface area contributed by atoms with E-state index in [2.05, 4.69) is 4.98 Å². The number of nitrogens with two attached hydrogens (primary N) is 1. The van der Waals surface area contributed by atoms with Crippen molar-refractivity contribution in [2.24, 2.45) is 0 Å². The van der Waals surface area contributed by atoms with Gasteiger partial charge in [0.15, 0.2) is 0 Å². The molecule has 0 fully saturated rings. The zero-order valence-corrected chi connectivity index (χ0v) is 9.66. The summed E-state index contributed by atoms with van der Waals surface area (Å²) in [5.41, 5.74) is 7.19. The number of nitrogens with zero attached hydrogens (tertiary/aromatic N) is 1. The number of aromatic nitrogens is 1. The number of nitrogen functional groups attached to an aromatic ring is 1. The number of pyridine rings is 1. The Morgan fingerprint density at radius 3 is 2.60 bits per heavy atom. The molecular weight excluding hydrogens is 207 g/mol. The van der Waals surface area contributed by atoms with Crippen molar-refractivity contribution in [3.05, 3.63) is 30.5 Å². The van der Waals surface area contributed by atoms with Gasteiger partial charge in [0.1, 0.15) is 7.14 Å². The van der Waals surface area contributed by atoms with E-state index in [1.165, 1.54) is 0 Å². The summed E-state index contributed by atoms with van der Waals surface area (Å²) < 4.78 is 12.1. The molecule has 0 aliphatic rings. The molecule has 2 rings (SSSR count). The van der Waals surface area contributed by atoms with Crippen LogP contribution in [0.3, 0.4) is 0 Å². The maximum atomic E-state index is 12.1. The van der Waals surface area contributed by atoms with Crippen molar-refractivity contribution in [1.29, 1.82) is 0 Å². The number of anilines is 1. The SMILES string of the molecule is CP(C)(=O)c1c(N)cnc2ccccc12. The topological polar surface area (TPSA) is 56.0 Å². The fraction of sp³-hybridized carbons (Fsp3) is 0.182. The quantitative estimate of drug-likeness (QED) is 0.748. The second-order valence-corrected chi connectivity index (χ2v) is 7.08. The molecule has 2 N–H and O–H groups in total. The van der Waals surface area contributed by atoms with Crippen LogP contribution in [0.4, 0.5) is 5.69 Å². The van der Waals surface area contributed by atoms with Gasteiger partial charge >= 0.3 is 0 Å². The molecule has 0 bridgehead atoms. The van der Waals surface area contributed by atoms with Crippen LogP contribution >= 0.6 is 7.14 Å². The Morgan fingerprint density at radius 2 is 1.93 bits per heavy atom. The number of para-hydroxylation sites is 1. The highest BCUT2D eigenvalue weighted by molar-refractivity contribution is 7.71. The van der Waals surface area contributed by atoms with Crippen LogP contribution in [0, 0.1) is 0 Å². The van der Waals surface area contributed by atoms with Crippen molar-refractivity contribution in [3.63, 3.8) is 0 Å². The smallest absolute Gasteiger partial charge is 0.112 e. The average Bonchev–Trinajstić information content (AvgIpc) is 2.15. The van der Waals surface area contributed by atoms with Crippen molar-refractivity contribution >= 4 is 29.0 Å². The summed E-state index contributed by atoms with van der Waals surface area (Å²) in [5.74, 6) is 0. The van der Waals surface area contributed by atoms with E-state index in [0.717, 1.165) is 16.2 Å². The van der Waals surface area contributed by atoms with Crippen LogP contribution in [0.5, 0.6) is 0 Å². The number of hydrogen-bond donors (Lipinski definition) is 1. The van der Waals surface area contributed by atoms with Crippen LogP contribution in [0.1, 0.15) is 0 Å². The second-order valence-electron chi connectivity index (χ2n) is 3.93. The van der Waals surface area contributed by atoms with E-state index in [1.54, 1.807) is 19.5 Å². The van der Waals surface area contributed by atoms with Crippen LogP contribution in [-0.4, -0.2) is 18.3 Å². The van der Waals surface area contributed by atoms with E-state index in [4.69, 9.17) is 5.73 Å². The van der Waals surface area contributed by atoms with Gasteiger partial charge in [-0.15, -0.1) is 0 Å². The zero-order chi connectivity index (χ0) is 11.1. The van der Waals surface area contributed by atoms with Crippen molar-refractivity contribution in [2.45, 2.75) is 0 Å². The molecular formula is C11H13N2OP. The highest BCUT2D eigenvalue weighted by Gasteiger charge is 2.18. The largest absolute Gasteiger partial charge is 0.397 e. The lowest BCUT2D eigenvalue weighted by atomic mass is 10.2. The minimum Gasteiger partial charge on any atom is -0.397 e. The highest BCUT2D eigenvalue weighted by Crippen LogP contribution is 2.39. The van der Waals surface area contributed by atoms with E-state index in [-0.39, 0.29) is 0 Å². The van der Waals surface area contributed by atoms with Crippen LogP contribution in [-0.2, 0) is 4.57 Å². The molecule has 0 atom stereocenters. The zero-order valence-electron chi connectivity index (χ0n) is 8.77. The van der Waals surface area contributed by atoms with Crippen molar-refractivity contribution in [3.8, 4) is 0 Å². The molecule has 1 aromatic carbocycles. The first-order valence-electron chi connectivity index (χ1n) is 4.69. The third-order valence-corrected chi connectivity index (χ3v) is 3.89. The van der Waals surface area contributed by atoms with E-state index in [1.807, 2.05) is 24.3 Å². The molecule has 0 saturated carbocycles. The van der Waals surface area contributed by atoms with Crippen molar-refractivity contribution in [2.75, 3.05) is 19.1 Å². The summed E-state index contributed by atoms with van der Waals surface area (Å²) in [6.07, 6.45) is 1.58. The molecule has 0 spiro atoms. The molecule has 2 aromatic rings. The summed E-state index contributed by atoms with van der Waals surface area (Å²) in [7, 11) is -2.37. The molecule has 15 heavy (non-hydrogen) atoms. The first kappa shape index (κ1) is 10.2. The fourth-order valence-corrected chi connectivity index (χ4v) is 3.19. The maximum Gasteiger partial charge on any atom is 0.112 e. The number of rotatable bonds is 1. The first-order valence-corrected chi connectivity index (χ1v) is 7.29. The van der Waals surface area contributed by atoms with Gasteiger partial charge in [-0.25, -0.2) is 0 Å². The molecule has 3 nitrogen and oxygen atoms in total. The standard InChI is InChI=1S/C11H13N2OP/c1-15(2,14)11-8-5-3-4-6-10(8)13-7-9(11)12/h3-7H,12H2,1-2H3. The lowest BCUT2D eigenvalue weighted by Crippen LogP contribution is -2.12. The van der Waals surface area contributed by atoms with Gasteiger partial charge in [-0.3, -0.25) is 4.98 Å². The Bertz CT molecular complexity index is 560. The fourth-order valence-electron chi connectivity index (χ4n) is 1.74. The third kappa shape index (κ3) is 1.75. The Morgan fingerprint density at radius 1 is 1.27 bits per heavy atom. The summed E-state index contributed by atoms with van der Waals surface area (Å²) in [5, 5.41) is 1.64. The van der Waals surface area contributed by atoms with Gasteiger partial charge in [0.05, 0.1) is 17.4 Å². The van der Waals surface area contributed by atoms with E-state index < -0.39 is 7.14 Å². The second kappa shape index (κ2) is 3.35. The number of fused-ring (bicyclic) bond motifs is 1. The van der Waals surface area contributed by atoms with Gasteiger partial charge < -0.3 is 10.3 Å². The molecule has 78 valence electrons. The average molecular weight is 220 g/mol. The van der Waals surface area contributed by atoms with Crippen LogP contribution in [0.15, 0.2) is 30.5 Å². The Kier molecular flexibility index (Phi) is 2.28. The van der Waals surface area contributed by atoms with E-state index in [0.29, 0.717) is 5.69 Å². The van der Waals surface area contributed by atoms with E-state index >= 15 is 0 Å². The normalized spacial score (nSPS) is 11.9. The summed E-state index contributed by atoms with van der Waals surface area (Å²) in [4.78, 5) is 4.21. The molecule has 4 heteroatoms. The lowest BCUT2D eigenvalue weighted by Gasteiger charge is -2.12. The number of benzene rings is 1. The highest BCUT2D eigenvalue weighted by atomic mass is 31.2. The molecule has 0 aliphatic carbocycles. The number of hydrogen-bond acceptors (Lipinski definition) is 3. The molecule has 0 radical (unpaired) electrons. The molecule has 0 unspecified atom stereocenters. The molecule has 0 amide bonds. The van der Waals surface area contributed by atoms with Gasteiger partial charge in [0.25, 0.3) is 0 Å². The summed E-state index contributed by atoms with van der Waals surface area (Å²) in [6.45, 7) is 3.45. The molecule has 0 saturated heterocycles. The van der Waals surface area contributed by atoms with Gasteiger partial charge in [-0.1, -0.05) is 18.2 Å². The Balaban J connectivity index is 2.92. The Hall–Kier alpha value is -1.34. The van der Waals surface area contributed by atoms with Crippen LogP contribution in [0.25, 0.3) is 10.9 Å². The summed E-state index contributed by atoms with van der Waals surface area (Å²) in [6, 6.07) is 7.62. The van der Waals surface area contributed by atoms with Crippen LogP contribution in [0.2, 0.25) is 0 Å². The summed E-state index contributed by atoms with van der Waals surface area (Å²) >= 11 is 0. The third-order valence-electron chi connectivity index (χ3n) is 2.31. The van der Waals surface area contributed by atoms with Crippen molar-refractivity contribution in [1.82, 2.24) is 4.98 Å². The minimum absolute atomic E-state index is 0.516. The van der Waals surface area contributed by atoms with Gasteiger partial charge in [0.2, 0.25) is 0 Å². The lowest BCUT2D eigenvalue weighted by molar-refractivity contribution is 0.588. The van der Waals surface area contributed by atoms with Gasteiger partial charge in [-0.05, 0) is 19.4 Å². The van der Waals surface area contributed by atoms with Crippen molar-refractivity contribution < 1.29 is 4.57 Å². The predicted octanol–water partition coefficient (Wildman–Crippen LogP) is 2.06. The van der Waals surface area contributed by atoms with Gasteiger partial charge in [0, 0.05) is 10.7 Å². The first-order chi connectivity index (χ1) is 7.00. The minimum atomic E-state index is -2.37. The predicted molar refractivity (Wildman–Crippen MR) is 65.2 cm³/mol. The monoisotopic (exact) mass is 220 g/mol. The Labute approximate surface area is 88.7 Å². The molecule has 0 aliphatic heterocycles. The van der Waals surface area contributed by atoms with Crippen LogP contribution < -0.4 is 11.0 Å². The molecule has 1 heterocycles. The molecule has 1 aromatic heterocycles. The maximum absolute atomic E-state index is 12.1.